The first-order chi connectivity index (χ1) is 9.56. The van der Waals surface area contributed by atoms with Crippen LogP contribution in [0.2, 0.25) is 5.02 Å². The van der Waals surface area contributed by atoms with Crippen LogP contribution >= 0.6 is 11.6 Å². The average molecular weight is 296 g/mol. The number of anilines is 1. The topological polar surface area (TPSA) is 110 Å². The Balaban J connectivity index is 2.13. The molecule has 0 atom stereocenters. The zero-order valence-electron chi connectivity index (χ0n) is 10.2. The minimum absolute atomic E-state index is 0.124. The minimum Gasteiger partial charge on any atom is -0.481 e. The van der Waals surface area contributed by atoms with E-state index < -0.39 is 11.9 Å². The van der Waals surface area contributed by atoms with Gasteiger partial charge in [0.1, 0.15) is 6.33 Å². The summed E-state index contributed by atoms with van der Waals surface area (Å²) in [6.45, 7) is 0. The number of rotatable bonds is 5. The quantitative estimate of drug-likeness (QED) is 0.855. The van der Waals surface area contributed by atoms with E-state index in [2.05, 4.69) is 20.8 Å². The lowest BCUT2D eigenvalue weighted by molar-refractivity contribution is -0.138. The molecule has 1 aromatic heterocycles. The second-order valence-corrected chi connectivity index (χ2v) is 4.27. The number of halogens is 1. The molecule has 0 unspecified atom stereocenters. The maximum absolute atomic E-state index is 11.6. The lowest BCUT2D eigenvalue weighted by Crippen LogP contribution is -2.13. The molecule has 0 saturated heterocycles. The number of carbonyl (C=O) groups excluding carboxylic acids is 1. The van der Waals surface area contributed by atoms with Crippen molar-refractivity contribution >= 4 is 29.2 Å². The van der Waals surface area contributed by atoms with Gasteiger partial charge in [-0.3, -0.25) is 9.59 Å². The molecule has 0 fully saturated rings. The number of nitrogens with one attached hydrogen (secondary N) is 1. The highest BCUT2D eigenvalue weighted by molar-refractivity contribution is 6.33. The SMILES string of the molecule is O=C(O)CCC(=O)Nc1cc(-n2cnnn2)ccc1Cl. The number of carboxylic acid groups (broad SMARTS) is 1. The fourth-order valence-electron chi connectivity index (χ4n) is 1.46. The van der Waals surface area contributed by atoms with Crippen LogP contribution in [0.15, 0.2) is 24.5 Å². The number of nitrogens with zero attached hydrogens (tertiary/aromatic N) is 4. The van der Waals surface area contributed by atoms with Gasteiger partial charge in [-0.05, 0) is 28.6 Å². The van der Waals surface area contributed by atoms with E-state index in [0.29, 0.717) is 16.4 Å². The van der Waals surface area contributed by atoms with Crippen molar-refractivity contribution in [1.82, 2.24) is 20.2 Å². The molecule has 0 bridgehead atoms. The number of aromatic nitrogens is 4. The van der Waals surface area contributed by atoms with Gasteiger partial charge in [-0.2, -0.15) is 0 Å². The van der Waals surface area contributed by atoms with Crippen molar-refractivity contribution in [1.29, 1.82) is 0 Å². The number of carbonyl (C=O) groups is 2. The second-order valence-electron chi connectivity index (χ2n) is 3.86. The molecule has 1 aromatic carbocycles. The van der Waals surface area contributed by atoms with Crippen LogP contribution in [0.1, 0.15) is 12.8 Å². The van der Waals surface area contributed by atoms with E-state index in [-0.39, 0.29) is 12.8 Å². The van der Waals surface area contributed by atoms with E-state index in [4.69, 9.17) is 16.7 Å². The van der Waals surface area contributed by atoms with Crippen molar-refractivity contribution < 1.29 is 14.7 Å². The Morgan fingerprint density at radius 1 is 1.35 bits per heavy atom. The van der Waals surface area contributed by atoms with Crippen LogP contribution in [0.25, 0.3) is 5.69 Å². The van der Waals surface area contributed by atoms with Crippen molar-refractivity contribution in [2.75, 3.05) is 5.32 Å². The van der Waals surface area contributed by atoms with Crippen LogP contribution < -0.4 is 5.32 Å². The van der Waals surface area contributed by atoms with Crippen molar-refractivity contribution in [3.8, 4) is 5.69 Å². The van der Waals surface area contributed by atoms with Gasteiger partial charge in [0.25, 0.3) is 0 Å². The molecule has 20 heavy (non-hydrogen) atoms. The van der Waals surface area contributed by atoms with E-state index >= 15 is 0 Å². The summed E-state index contributed by atoms with van der Waals surface area (Å²) in [6.07, 6.45) is 1.04. The van der Waals surface area contributed by atoms with E-state index in [1.165, 1.54) is 11.0 Å². The maximum atomic E-state index is 11.6. The molecule has 1 heterocycles. The van der Waals surface area contributed by atoms with Gasteiger partial charge < -0.3 is 10.4 Å². The van der Waals surface area contributed by atoms with Crippen molar-refractivity contribution in [2.45, 2.75) is 12.8 Å². The molecule has 2 aromatic rings. The Kier molecular flexibility index (Phi) is 4.26. The zero-order chi connectivity index (χ0) is 14.5. The third-order valence-corrected chi connectivity index (χ3v) is 2.73. The summed E-state index contributed by atoms with van der Waals surface area (Å²) in [6, 6.07) is 4.87. The van der Waals surface area contributed by atoms with E-state index in [0.717, 1.165) is 0 Å². The van der Waals surface area contributed by atoms with E-state index in [1.807, 2.05) is 0 Å². The number of amides is 1. The van der Waals surface area contributed by atoms with Gasteiger partial charge >= 0.3 is 5.97 Å². The number of aliphatic carboxylic acids is 1. The van der Waals surface area contributed by atoms with Crippen molar-refractivity contribution in [3.63, 3.8) is 0 Å². The third kappa shape index (κ3) is 3.51. The van der Waals surface area contributed by atoms with Gasteiger partial charge in [-0.25, -0.2) is 4.68 Å². The molecule has 8 nitrogen and oxygen atoms in total. The number of carboxylic acids is 1. The fourth-order valence-corrected chi connectivity index (χ4v) is 1.63. The van der Waals surface area contributed by atoms with E-state index in [9.17, 15) is 9.59 Å². The Hall–Kier alpha value is -2.48. The highest BCUT2D eigenvalue weighted by Crippen LogP contribution is 2.24. The molecule has 104 valence electrons. The number of hydrogen-bond acceptors (Lipinski definition) is 5. The van der Waals surface area contributed by atoms with Gasteiger partial charge in [0.15, 0.2) is 0 Å². The van der Waals surface area contributed by atoms with Crippen LogP contribution in [0.5, 0.6) is 0 Å². The molecular formula is C11H10ClN5O3. The van der Waals surface area contributed by atoms with Gasteiger partial charge in [0.2, 0.25) is 5.91 Å². The number of tetrazole rings is 1. The van der Waals surface area contributed by atoms with Crippen LogP contribution in [0, 0.1) is 0 Å². The summed E-state index contributed by atoms with van der Waals surface area (Å²) >= 11 is 5.97. The lowest BCUT2D eigenvalue weighted by atomic mass is 10.2. The van der Waals surface area contributed by atoms with Crippen LogP contribution in [0.3, 0.4) is 0 Å². The maximum Gasteiger partial charge on any atom is 0.303 e. The Bertz CT molecular complexity index is 629. The van der Waals surface area contributed by atoms with Crippen LogP contribution in [-0.2, 0) is 9.59 Å². The monoisotopic (exact) mass is 295 g/mol. The largest absolute Gasteiger partial charge is 0.481 e. The van der Waals surface area contributed by atoms with Gasteiger partial charge in [-0.1, -0.05) is 11.6 Å². The van der Waals surface area contributed by atoms with Crippen LogP contribution in [0.4, 0.5) is 5.69 Å². The first-order valence-electron chi connectivity index (χ1n) is 5.61. The first kappa shape index (κ1) is 13.9. The summed E-state index contributed by atoms with van der Waals surface area (Å²) < 4.78 is 1.41. The smallest absolute Gasteiger partial charge is 0.303 e. The summed E-state index contributed by atoms with van der Waals surface area (Å²) in [4.78, 5) is 22.0. The molecule has 2 N–H and O–H groups in total. The molecule has 9 heteroatoms. The van der Waals surface area contributed by atoms with E-state index in [1.54, 1.807) is 18.2 Å². The average Bonchev–Trinajstić information content (AvgIpc) is 2.93. The fraction of sp³-hybridized carbons (Fsp3) is 0.182. The zero-order valence-corrected chi connectivity index (χ0v) is 10.9. The van der Waals surface area contributed by atoms with Gasteiger partial charge in [0, 0.05) is 6.42 Å². The molecule has 0 aliphatic rings. The molecule has 0 saturated carbocycles. The first-order valence-corrected chi connectivity index (χ1v) is 5.98. The predicted octanol–water partition coefficient (Wildman–Crippen LogP) is 1.12. The minimum atomic E-state index is -1.03. The van der Waals surface area contributed by atoms with Crippen molar-refractivity contribution in [2.24, 2.45) is 0 Å². The molecule has 0 radical (unpaired) electrons. The summed E-state index contributed by atoms with van der Waals surface area (Å²) in [7, 11) is 0. The van der Waals surface area contributed by atoms with Crippen LogP contribution in [-0.4, -0.2) is 37.2 Å². The number of benzene rings is 1. The summed E-state index contributed by atoms with van der Waals surface area (Å²) in [5.41, 5.74) is 0.989. The molecule has 0 aliphatic carbocycles. The molecule has 1 amide bonds. The Labute approximate surface area is 118 Å². The highest BCUT2D eigenvalue weighted by Gasteiger charge is 2.10. The normalized spacial score (nSPS) is 10.2. The Morgan fingerprint density at radius 3 is 2.80 bits per heavy atom. The standard InChI is InChI=1S/C11H10ClN5O3/c12-8-2-1-7(17-6-13-15-16-17)5-9(8)14-10(18)3-4-11(19)20/h1-2,5-6H,3-4H2,(H,14,18)(H,19,20). The molecule has 0 aliphatic heterocycles. The highest BCUT2D eigenvalue weighted by atomic mass is 35.5. The van der Waals surface area contributed by atoms with Crippen molar-refractivity contribution in [3.05, 3.63) is 29.5 Å². The Morgan fingerprint density at radius 2 is 2.15 bits per heavy atom. The predicted molar refractivity (Wildman–Crippen MR) is 69.7 cm³/mol. The lowest BCUT2D eigenvalue weighted by Gasteiger charge is -2.08. The molecule has 2 rings (SSSR count). The molecule has 0 spiro atoms. The third-order valence-electron chi connectivity index (χ3n) is 2.40. The second kappa shape index (κ2) is 6.11. The van der Waals surface area contributed by atoms with Gasteiger partial charge in [-0.15, -0.1) is 5.10 Å². The van der Waals surface area contributed by atoms with Gasteiger partial charge in [0.05, 0.1) is 22.8 Å². The summed E-state index contributed by atoms with van der Waals surface area (Å²) in [5, 5.41) is 22.1. The summed E-state index contributed by atoms with van der Waals surface area (Å²) in [5.74, 6) is -1.46. The molecular weight excluding hydrogens is 286 g/mol. The number of hydrogen-bond donors (Lipinski definition) is 2.